The monoisotopic (exact) mass is 186 g/mol. The number of hydrogen-bond donors (Lipinski definition) is 0. The second-order valence-corrected chi connectivity index (χ2v) is 4.15. The molecule has 1 aliphatic heterocycles. The van der Waals surface area contributed by atoms with Gasteiger partial charge in [0.1, 0.15) is 0 Å². The Balaban J connectivity index is 1.88. The fourth-order valence-corrected chi connectivity index (χ4v) is 2.46. The summed E-state index contributed by atoms with van der Waals surface area (Å²) >= 11 is 0. The summed E-state index contributed by atoms with van der Waals surface area (Å²) in [5.41, 5.74) is 4.45. The number of likely N-dealkylation sites (N-methyl/N-ethyl adjacent to an activating group) is 2. The molecule has 0 radical (unpaired) electrons. The maximum atomic E-state index is 2.34. The SMILES string of the molecule is CN1CN(C)C2=C1C2c1ccccc1. The highest BCUT2D eigenvalue weighted by Crippen LogP contribution is 2.53. The van der Waals surface area contributed by atoms with Crippen LogP contribution >= 0.6 is 0 Å². The van der Waals surface area contributed by atoms with E-state index in [2.05, 4.69) is 54.2 Å². The van der Waals surface area contributed by atoms with Gasteiger partial charge in [-0.05, 0) is 5.56 Å². The number of nitrogens with zero attached hydrogens (tertiary/aromatic N) is 2. The molecule has 0 fully saturated rings. The molecule has 2 heteroatoms. The summed E-state index contributed by atoms with van der Waals surface area (Å²) in [5.74, 6) is 0.583. The summed E-state index contributed by atoms with van der Waals surface area (Å²) in [7, 11) is 4.34. The van der Waals surface area contributed by atoms with Crippen LogP contribution in [0.5, 0.6) is 0 Å². The van der Waals surface area contributed by atoms with E-state index in [0.717, 1.165) is 6.67 Å². The Bertz CT molecular complexity index is 376. The molecule has 0 amide bonds. The maximum absolute atomic E-state index is 2.34. The Morgan fingerprint density at radius 3 is 2.14 bits per heavy atom. The maximum Gasteiger partial charge on any atom is 0.0893 e. The lowest BCUT2D eigenvalue weighted by molar-refractivity contribution is 0.282. The van der Waals surface area contributed by atoms with Gasteiger partial charge in [-0.2, -0.15) is 0 Å². The van der Waals surface area contributed by atoms with E-state index in [0.29, 0.717) is 5.92 Å². The van der Waals surface area contributed by atoms with Gasteiger partial charge in [-0.15, -0.1) is 0 Å². The fraction of sp³-hybridized carbons (Fsp3) is 0.333. The minimum atomic E-state index is 0.583. The van der Waals surface area contributed by atoms with Gasteiger partial charge in [-0.3, -0.25) is 0 Å². The Labute approximate surface area is 84.4 Å². The molecule has 2 aliphatic rings. The van der Waals surface area contributed by atoms with Crippen LogP contribution in [0, 0.1) is 0 Å². The lowest BCUT2D eigenvalue weighted by Gasteiger charge is -2.23. The molecular formula is C12H14N2. The lowest BCUT2D eigenvalue weighted by Crippen LogP contribution is -2.27. The van der Waals surface area contributed by atoms with Crippen LogP contribution in [0.15, 0.2) is 41.7 Å². The molecule has 72 valence electrons. The minimum Gasteiger partial charge on any atom is -0.358 e. The van der Waals surface area contributed by atoms with Gasteiger partial charge in [0.2, 0.25) is 0 Å². The average Bonchev–Trinajstić information content (AvgIpc) is 2.87. The van der Waals surface area contributed by atoms with Gasteiger partial charge in [-0.1, -0.05) is 30.3 Å². The molecule has 3 rings (SSSR count). The van der Waals surface area contributed by atoms with Gasteiger partial charge in [0, 0.05) is 25.5 Å². The molecule has 0 atom stereocenters. The first-order chi connectivity index (χ1) is 6.79. The third-order valence-corrected chi connectivity index (χ3v) is 3.11. The zero-order valence-corrected chi connectivity index (χ0v) is 8.57. The molecule has 0 aromatic heterocycles. The highest BCUT2D eigenvalue weighted by atomic mass is 15.4. The Hall–Kier alpha value is -1.44. The van der Waals surface area contributed by atoms with Crippen molar-refractivity contribution in [3.8, 4) is 0 Å². The van der Waals surface area contributed by atoms with Crippen molar-refractivity contribution in [2.24, 2.45) is 0 Å². The second kappa shape index (κ2) is 2.53. The number of allylic oxidation sites excluding steroid dienone is 2. The van der Waals surface area contributed by atoms with Crippen LogP contribution in [-0.2, 0) is 0 Å². The van der Waals surface area contributed by atoms with Gasteiger partial charge < -0.3 is 9.80 Å². The van der Waals surface area contributed by atoms with E-state index < -0.39 is 0 Å². The average molecular weight is 186 g/mol. The van der Waals surface area contributed by atoms with Crippen molar-refractivity contribution in [3.05, 3.63) is 47.3 Å². The van der Waals surface area contributed by atoms with Crippen LogP contribution < -0.4 is 0 Å². The van der Waals surface area contributed by atoms with Crippen molar-refractivity contribution in [1.29, 1.82) is 0 Å². The van der Waals surface area contributed by atoms with Crippen molar-refractivity contribution in [2.75, 3.05) is 20.8 Å². The molecule has 2 nitrogen and oxygen atoms in total. The quantitative estimate of drug-likeness (QED) is 0.660. The molecule has 0 N–H and O–H groups in total. The summed E-state index contributed by atoms with van der Waals surface area (Å²) < 4.78 is 0. The molecule has 1 aliphatic carbocycles. The van der Waals surface area contributed by atoms with Crippen LogP contribution in [-0.4, -0.2) is 30.6 Å². The topological polar surface area (TPSA) is 6.48 Å². The van der Waals surface area contributed by atoms with Crippen LogP contribution in [0.2, 0.25) is 0 Å². The number of benzene rings is 1. The van der Waals surface area contributed by atoms with Gasteiger partial charge in [0.25, 0.3) is 0 Å². The lowest BCUT2D eigenvalue weighted by atomic mass is 10.1. The molecule has 0 spiro atoms. The Kier molecular flexibility index (Phi) is 1.43. The second-order valence-electron chi connectivity index (χ2n) is 4.15. The summed E-state index contributed by atoms with van der Waals surface area (Å²) in [6, 6.07) is 10.7. The van der Waals surface area contributed by atoms with Crippen LogP contribution in [0.4, 0.5) is 0 Å². The van der Waals surface area contributed by atoms with Gasteiger partial charge in [0.15, 0.2) is 0 Å². The molecule has 1 heterocycles. The highest BCUT2D eigenvalue weighted by Gasteiger charge is 2.47. The highest BCUT2D eigenvalue weighted by molar-refractivity contribution is 5.54. The summed E-state index contributed by atoms with van der Waals surface area (Å²) in [5, 5.41) is 0. The van der Waals surface area contributed by atoms with E-state index in [1.165, 1.54) is 17.0 Å². The Morgan fingerprint density at radius 1 is 1.00 bits per heavy atom. The zero-order valence-electron chi connectivity index (χ0n) is 8.57. The van der Waals surface area contributed by atoms with Gasteiger partial charge in [-0.25, -0.2) is 0 Å². The molecule has 1 aromatic rings. The molecule has 0 bridgehead atoms. The molecule has 0 saturated carbocycles. The standard InChI is InChI=1S/C12H14N2/c1-13-8-14(2)12-10(11(12)13)9-6-4-3-5-7-9/h3-7,10H,8H2,1-2H3. The van der Waals surface area contributed by atoms with Crippen molar-refractivity contribution >= 4 is 0 Å². The smallest absolute Gasteiger partial charge is 0.0893 e. The number of rotatable bonds is 1. The third kappa shape index (κ3) is 0.910. The molecule has 14 heavy (non-hydrogen) atoms. The first-order valence-corrected chi connectivity index (χ1v) is 5.00. The van der Waals surface area contributed by atoms with Gasteiger partial charge in [0.05, 0.1) is 12.6 Å². The van der Waals surface area contributed by atoms with Crippen molar-refractivity contribution in [3.63, 3.8) is 0 Å². The number of hydrogen-bond acceptors (Lipinski definition) is 2. The zero-order chi connectivity index (χ0) is 9.71. The molecule has 1 aromatic carbocycles. The van der Waals surface area contributed by atoms with Crippen LogP contribution in [0.1, 0.15) is 11.5 Å². The summed E-state index contributed by atoms with van der Waals surface area (Å²) in [6.45, 7) is 1.05. The first-order valence-electron chi connectivity index (χ1n) is 5.00. The normalized spacial score (nSPS) is 20.4. The fourth-order valence-electron chi connectivity index (χ4n) is 2.46. The summed E-state index contributed by atoms with van der Waals surface area (Å²) in [6.07, 6.45) is 0. The van der Waals surface area contributed by atoms with E-state index >= 15 is 0 Å². The first kappa shape index (κ1) is 7.92. The van der Waals surface area contributed by atoms with E-state index in [-0.39, 0.29) is 0 Å². The van der Waals surface area contributed by atoms with E-state index in [1.807, 2.05) is 0 Å². The summed E-state index contributed by atoms with van der Waals surface area (Å²) in [4.78, 5) is 4.68. The van der Waals surface area contributed by atoms with Crippen LogP contribution in [0.3, 0.4) is 0 Å². The van der Waals surface area contributed by atoms with Crippen molar-refractivity contribution < 1.29 is 0 Å². The Morgan fingerprint density at radius 2 is 1.57 bits per heavy atom. The largest absolute Gasteiger partial charge is 0.358 e. The van der Waals surface area contributed by atoms with Gasteiger partial charge >= 0.3 is 0 Å². The molecular weight excluding hydrogens is 172 g/mol. The third-order valence-electron chi connectivity index (χ3n) is 3.11. The van der Waals surface area contributed by atoms with E-state index in [4.69, 9.17) is 0 Å². The molecule has 0 unspecified atom stereocenters. The van der Waals surface area contributed by atoms with E-state index in [9.17, 15) is 0 Å². The predicted octanol–water partition coefficient (Wildman–Crippen LogP) is 1.83. The predicted molar refractivity (Wildman–Crippen MR) is 56.6 cm³/mol. The minimum absolute atomic E-state index is 0.583. The van der Waals surface area contributed by atoms with Crippen molar-refractivity contribution in [2.45, 2.75) is 5.92 Å². The van der Waals surface area contributed by atoms with Crippen LogP contribution in [0.25, 0.3) is 0 Å². The van der Waals surface area contributed by atoms with E-state index in [1.54, 1.807) is 0 Å². The van der Waals surface area contributed by atoms with Crippen molar-refractivity contribution in [1.82, 2.24) is 9.80 Å². The molecule has 0 saturated heterocycles.